The second-order valence-electron chi connectivity index (χ2n) is 6.26. The van der Waals surface area contributed by atoms with E-state index < -0.39 is 0 Å². The van der Waals surface area contributed by atoms with Crippen LogP contribution in [0.5, 0.6) is 0 Å². The molecule has 0 spiro atoms. The molecular weight excluding hydrogens is 336 g/mol. The van der Waals surface area contributed by atoms with Crippen molar-refractivity contribution in [2.24, 2.45) is 0 Å². The highest BCUT2D eigenvalue weighted by Gasteiger charge is 2.23. The summed E-state index contributed by atoms with van der Waals surface area (Å²) in [6.07, 6.45) is 0. The van der Waals surface area contributed by atoms with E-state index in [0.717, 1.165) is 26.3 Å². The van der Waals surface area contributed by atoms with Crippen LogP contribution in [0.4, 0.5) is 0 Å². The Morgan fingerprint density at radius 3 is 2.52 bits per heavy atom. The maximum atomic E-state index is 12.5. The van der Waals surface area contributed by atoms with Gasteiger partial charge in [-0.1, -0.05) is 53.6 Å². The molecule has 2 aromatic carbocycles. The molecule has 1 N–H and O–H groups in total. The molecule has 5 heteroatoms. The lowest BCUT2D eigenvalue weighted by atomic mass is 10.0. The van der Waals surface area contributed by atoms with Crippen molar-refractivity contribution in [3.8, 4) is 0 Å². The van der Waals surface area contributed by atoms with Gasteiger partial charge in [0.15, 0.2) is 0 Å². The maximum absolute atomic E-state index is 12.5. The number of hydrogen-bond donors (Lipinski definition) is 1. The molecule has 1 heterocycles. The van der Waals surface area contributed by atoms with Crippen LogP contribution in [-0.4, -0.2) is 43.7 Å². The van der Waals surface area contributed by atoms with Crippen LogP contribution < -0.4 is 5.32 Å². The third-order valence-electron chi connectivity index (χ3n) is 4.52. The van der Waals surface area contributed by atoms with Crippen molar-refractivity contribution in [1.29, 1.82) is 0 Å². The van der Waals surface area contributed by atoms with Crippen LogP contribution in [-0.2, 0) is 4.74 Å². The summed E-state index contributed by atoms with van der Waals surface area (Å²) < 4.78 is 5.47. The van der Waals surface area contributed by atoms with Gasteiger partial charge < -0.3 is 10.1 Å². The number of nitrogens with zero attached hydrogens (tertiary/aromatic N) is 1. The summed E-state index contributed by atoms with van der Waals surface area (Å²) in [6, 6.07) is 15.7. The summed E-state index contributed by atoms with van der Waals surface area (Å²) in [5, 5.41) is 3.52. The fraction of sp³-hybridized carbons (Fsp3) is 0.350. The number of rotatable bonds is 5. The lowest BCUT2D eigenvalue weighted by Crippen LogP contribution is -2.43. The highest BCUT2D eigenvalue weighted by atomic mass is 35.5. The number of ether oxygens (including phenoxy) is 1. The summed E-state index contributed by atoms with van der Waals surface area (Å²) in [6.45, 7) is 5.78. The molecule has 2 aromatic rings. The topological polar surface area (TPSA) is 41.6 Å². The van der Waals surface area contributed by atoms with Gasteiger partial charge in [0.1, 0.15) is 0 Å². The van der Waals surface area contributed by atoms with Crippen LogP contribution in [0.15, 0.2) is 48.5 Å². The molecule has 1 aliphatic rings. The van der Waals surface area contributed by atoms with Crippen molar-refractivity contribution < 1.29 is 9.53 Å². The lowest BCUT2D eigenvalue weighted by Gasteiger charge is -2.35. The van der Waals surface area contributed by atoms with E-state index in [0.29, 0.717) is 17.1 Å². The second-order valence-corrected chi connectivity index (χ2v) is 6.67. The standard InChI is InChI=1S/C20H23ClN2O2/c1-15-6-8-16(9-7-15)19(23-10-12-25-13-11-23)14-22-20(24)17-4-2-3-5-18(17)21/h2-9,19H,10-14H2,1H3,(H,22,24). The van der Waals surface area contributed by atoms with Crippen molar-refractivity contribution in [3.05, 3.63) is 70.2 Å². The van der Waals surface area contributed by atoms with Crippen LogP contribution in [0.3, 0.4) is 0 Å². The molecule has 0 saturated carbocycles. The molecule has 1 unspecified atom stereocenters. The SMILES string of the molecule is Cc1ccc(C(CNC(=O)c2ccccc2Cl)N2CCOCC2)cc1. The Morgan fingerprint density at radius 1 is 1.16 bits per heavy atom. The number of amides is 1. The molecule has 1 saturated heterocycles. The van der Waals surface area contributed by atoms with Crippen LogP contribution in [0, 0.1) is 6.92 Å². The van der Waals surface area contributed by atoms with Crippen molar-refractivity contribution in [2.75, 3.05) is 32.8 Å². The molecule has 1 amide bonds. The highest BCUT2D eigenvalue weighted by Crippen LogP contribution is 2.22. The number of halogens is 1. The second kappa shape index (κ2) is 8.48. The van der Waals surface area contributed by atoms with E-state index in [9.17, 15) is 4.79 Å². The average Bonchev–Trinajstić information content (AvgIpc) is 2.64. The van der Waals surface area contributed by atoms with E-state index in [1.165, 1.54) is 11.1 Å². The summed E-state index contributed by atoms with van der Waals surface area (Å²) in [4.78, 5) is 14.9. The smallest absolute Gasteiger partial charge is 0.252 e. The first-order valence-electron chi connectivity index (χ1n) is 8.56. The van der Waals surface area contributed by atoms with Crippen LogP contribution >= 0.6 is 11.6 Å². The number of carbonyl (C=O) groups excluding carboxylic acids is 1. The monoisotopic (exact) mass is 358 g/mol. The average molecular weight is 359 g/mol. The van der Waals surface area contributed by atoms with Gasteiger partial charge in [-0.3, -0.25) is 9.69 Å². The first-order chi connectivity index (χ1) is 12.1. The molecule has 4 nitrogen and oxygen atoms in total. The molecule has 0 bridgehead atoms. The van der Waals surface area contributed by atoms with Crippen molar-refractivity contribution >= 4 is 17.5 Å². The van der Waals surface area contributed by atoms with Gasteiger partial charge in [0.2, 0.25) is 0 Å². The molecule has 0 aliphatic carbocycles. The number of nitrogens with one attached hydrogen (secondary N) is 1. The summed E-state index contributed by atoms with van der Waals surface area (Å²) in [5.41, 5.74) is 2.94. The van der Waals surface area contributed by atoms with Crippen molar-refractivity contribution in [3.63, 3.8) is 0 Å². The van der Waals surface area contributed by atoms with Gasteiger partial charge in [-0.2, -0.15) is 0 Å². The zero-order chi connectivity index (χ0) is 17.6. The van der Waals surface area contributed by atoms with Gasteiger partial charge >= 0.3 is 0 Å². The fourth-order valence-electron chi connectivity index (χ4n) is 3.07. The molecule has 132 valence electrons. The minimum Gasteiger partial charge on any atom is -0.379 e. The van der Waals surface area contributed by atoms with Crippen LogP contribution in [0.1, 0.15) is 27.5 Å². The van der Waals surface area contributed by atoms with E-state index in [1.54, 1.807) is 12.1 Å². The molecule has 25 heavy (non-hydrogen) atoms. The quantitative estimate of drug-likeness (QED) is 0.890. The number of morpholine rings is 1. The molecule has 1 atom stereocenters. The van der Waals surface area contributed by atoms with Crippen LogP contribution in [0.25, 0.3) is 0 Å². The third-order valence-corrected chi connectivity index (χ3v) is 4.85. The van der Waals surface area contributed by atoms with E-state index in [4.69, 9.17) is 16.3 Å². The number of hydrogen-bond acceptors (Lipinski definition) is 3. The van der Waals surface area contributed by atoms with Gasteiger partial charge in [-0.05, 0) is 24.6 Å². The zero-order valence-electron chi connectivity index (χ0n) is 14.4. The van der Waals surface area contributed by atoms with E-state index >= 15 is 0 Å². The van der Waals surface area contributed by atoms with E-state index in [2.05, 4.69) is 41.4 Å². The Bertz CT molecular complexity index is 712. The lowest BCUT2D eigenvalue weighted by molar-refractivity contribution is 0.0162. The summed E-state index contributed by atoms with van der Waals surface area (Å²) in [5.74, 6) is -0.143. The van der Waals surface area contributed by atoms with Gasteiger partial charge in [-0.15, -0.1) is 0 Å². The van der Waals surface area contributed by atoms with Gasteiger partial charge in [0.25, 0.3) is 5.91 Å². The van der Waals surface area contributed by atoms with Crippen molar-refractivity contribution in [2.45, 2.75) is 13.0 Å². The Balaban J connectivity index is 1.74. The zero-order valence-corrected chi connectivity index (χ0v) is 15.1. The largest absolute Gasteiger partial charge is 0.379 e. The molecule has 1 aliphatic heterocycles. The maximum Gasteiger partial charge on any atom is 0.252 e. The Hall–Kier alpha value is -1.88. The van der Waals surface area contributed by atoms with Crippen LogP contribution in [0.2, 0.25) is 5.02 Å². The third kappa shape index (κ3) is 4.60. The highest BCUT2D eigenvalue weighted by molar-refractivity contribution is 6.33. The van der Waals surface area contributed by atoms with Gasteiger partial charge in [-0.25, -0.2) is 0 Å². The van der Waals surface area contributed by atoms with E-state index in [-0.39, 0.29) is 11.9 Å². The molecular formula is C20H23ClN2O2. The Morgan fingerprint density at radius 2 is 1.84 bits per heavy atom. The van der Waals surface area contributed by atoms with Crippen molar-refractivity contribution in [1.82, 2.24) is 10.2 Å². The Kier molecular flexibility index (Phi) is 6.08. The van der Waals surface area contributed by atoms with Gasteiger partial charge in [0, 0.05) is 19.6 Å². The predicted octanol–water partition coefficient (Wildman–Crippen LogP) is 3.45. The first kappa shape index (κ1) is 17.9. The predicted molar refractivity (Wildman–Crippen MR) is 100 cm³/mol. The molecule has 3 rings (SSSR count). The number of aryl methyl sites for hydroxylation is 1. The summed E-state index contributed by atoms with van der Waals surface area (Å²) in [7, 11) is 0. The normalized spacial score (nSPS) is 16.4. The molecule has 0 aromatic heterocycles. The number of carbonyl (C=O) groups is 1. The Labute approximate surface area is 153 Å². The fourth-order valence-corrected chi connectivity index (χ4v) is 3.29. The molecule has 1 fully saturated rings. The van der Waals surface area contributed by atoms with E-state index in [1.807, 2.05) is 12.1 Å². The minimum absolute atomic E-state index is 0.121. The first-order valence-corrected chi connectivity index (χ1v) is 8.94. The molecule has 0 radical (unpaired) electrons. The van der Waals surface area contributed by atoms with Gasteiger partial charge in [0.05, 0.1) is 29.8 Å². The number of benzene rings is 2. The minimum atomic E-state index is -0.143. The summed E-state index contributed by atoms with van der Waals surface area (Å²) >= 11 is 6.13.